The lowest BCUT2D eigenvalue weighted by atomic mass is 10.1. The van der Waals surface area contributed by atoms with Gasteiger partial charge in [-0.15, -0.1) is 0 Å². The average molecular weight is 397 g/mol. The van der Waals surface area contributed by atoms with Gasteiger partial charge in [-0.1, -0.05) is 36.1 Å². The average Bonchev–Trinajstić information content (AvgIpc) is 2.95. The number of hydrogen-bond donors (Lipinski definition) is 0. The van der Waals surface area contributed by atoms with E-state index in [0.29, 0.717) is 26.0 Å². The van der Waals surface area contributed by atoms with Crippen molar-refractivity contribution < 1.29 is 19.1 Å². The van der Waals surface area contributed by atoms with Crippen LogP contribution in [-0.4, -0.2) is 29.1 Å². The summed E-state index contributed by atoms with van der Waals surface area (Å²) in [7, 11) is 1.32. The zero-order valence-corrected chi connectivity index (χ0v) is 16.2. The second-order valence-electron chi connectivity index (χ2n) is 5.73. The molecule has 0 radical (unpaired) electrons. The molecule has 0 N–H and O–H groups in total. The fraction of sp³-hybridized carbons (Fsp3) is 0.100. The summed E-state index contributed by atoms with van der Waals surface area (Å²) < 4.78 is 5.09. The Kier molecular flexibility index (Phi) is 5.53. The molecule has 7 heteroatoms. The highest BCUT2D eigenvalue weighted by atomic mass is 32.2. The molecule has 0 aromatic heterocycles. The Morgan fingerprint density at radius 1 is 1.04 bits per heavy atom. The highest BCUT2D eigenvalue weighted by Crippen LogP contribution is 2.36. The molecule has 2 aromatic rings. The molecule has 0 spiro atoms. The first-order chi connectivity index (χ1) is 12.9. The van der Waals surface area contributed by atoms with E-state index in [1.165, 1.54) is 30.7 Å². The number of methoxy groups -OCH3 is 1. The highest BCUT2D eigenvalue weighted by molar-refractivity contribution is 8.27. The first kappa shape index (κ1) is 19.0. The standard InChI is InChI=1S/C20H15NO4S2/c1-12(22)14-7-9-16(10-8-14)21-18(23)17(27-20(21)26)11-13-3-5-15(6-4-13)19(24)25-2/h3-11H,1-2H3. The second kappa shape index (κ2) is 7.85. The summed E-state index contributed by atoms with van der Waals surface area (Å²) in [4.78, 5) is 37.6. The number of thiocarbonyl (C=S) groups is 1. The molecule has 0 saturated carbocycles. The van der Waals surface area contributed by atoms with Gasteiger partial charge in [-0.25, -0.2) is 4.79 Å². The first-order valence-corrected chi connectivity index (χ1v) is 9.20. The summed E-state index contributed by atoms with van der Waals surface area (Å²) in [5, 5.41) is 0. The molecule has 3 rings (SSSR count). The number of thioether (sulfide) groups is 1. The number of rotatable bonds is 4. The molecular weight excluding hydrogens is 382 g/mol. The molecule has 2 aromatic carbocycles. The lowest BCUT2D eigenvalue weighted by molar-refractivity contribution is -0.113. The van der Waals surface area contributed by atoms with E-state index in [1.54, 1.807) is 54.6 Å². The molecule has 0 aliphatic carbocycles. The Bertz CT molecular complexity index is 962. The van der Waals surface area contributed by atoms with Gasteiger partial charge in [0, 0.05) is 5.56 Å². The van der Waals surface area contributed by atoms with Crippen molar-refractivity contribution in [3.8, 4) is 0 Å². The largest absolute Gasteiger partial charge is 0.465 e. The highest BCUT2D eigenvalue weighted by Gasteiger charge is 2.33. The Labute approximate surface area is 166 Å². The third-order valence-electron chi connectivity index (χ3n) is 3.96. The number of hydrogen-bond acceptors (Lipinski definition) is 6. The van der Waals surface area contributed by atoms with Crippen molar-refractivity contribution in [2.24, 2.45) is 0 Å². The van der Waals surface area contributed by atoms with Crippen LogP contribution in [0.4, 0.5) is 5.69 Å². The van der Waals surface area contributed by atoms with E-state index in [1.807, 2.05) is 0 Å². The summed E-state index contributed by atoms with van der Waals surface area (Å²) >= 11 is 6.55. The maximum atomic E-state index is 12.8. The molecule has 1 aliphatic rings. The summed E-state index contributed by atoms with van der Waals surface area (Å²) in [6, 6.07) is 13.5. The number of ketones is 1. The number of benzene rings is 2. The van der Waals surface area contributed by atoms with E-state index in [4.69, 9.17) is 12.2 Å². The molecule has 1 amide bonds. The van der Waals surface area contributed by atoms with Crippen LogP contribution in [0.15, 0.2) is 53.4 Å². The predicted molar refractivity (Wildman–Crippen MR) is 110 cm³/mol. The molecule has 27 heavy (non-hydrogen) atoms. The Balaban J connectivity index is 1.84. The zero-order valence-electron chi connectivity index (χ0n) is 14.6. The quantitative estimate of drug-likeness (QED) is 0.335. The molecule has 5 nitrogen and oxygen atoms in total. The lowest BCUT2D eigenvalue weighted by Crippen LogP contribution is -2.27. The molecule has 0 unspecified atom stereocenters. The topological polar surface area (TPSA) is 63.7 Å². The normalized spacial score (nSPS) is 15.3. The maximum Gasteiger partial charge on any atom is 0.337 e. The van der Waals surface area contributed by atoms with Gasteiger partial charge < -0.3 is 4.74 Å². The Morgan fingerprint density at radius 2 is 1.63 bits per heavy atom. The van der Waals surface area contributed by atoms with Crippen LogP contribution in [0, 0.1) is 0 Å². The minimum Gasteiger partial charge on any atom is -0.465 e. The molecule has 136 valence electrons. The van der Waals surface area contributed by atoms with E-state index in [9.17, 15) is 14.4 Å². The van der Waals surface area contributed by atoms with Gasteiger partial charge in [0.25, 0.3) is 5.91 Å². The van der Waals surface area contributed by atoms with Crippen LogP contribution in [-0.2, 0) is 9.53 Å². The van der Waals surface area contributed by atoms with Crippen molar-refractivity contribution in [2.45, 2.75) is 6.92 Å². The number of ether oxygens (including phenoxy) is 1. The number of carbonyl (C=O) groups is 3. The zero-order chi connectivity index (χ0) is 19.6. The van der Waals surface area contributed by atoms with Gasteiger partial charge in [-0.2, -0.15) is 0 Å². The van der Waals surface area contributed by atoms with Crippen molar-refractivity contribution in [2.75, 3.05) is 12.0 Å². The number of amides is 1. The third kappa shape index (κ3) is 3.99. The lowest BCUT2D eigenvalue weighted by Gasteiger charge is -2.14. The Hall–Kier alpha value is -2.77. The van der Waals surface area contributed by atoms with E-state index in [-0.39, 0.29) is 11.7 Å². The fourth-order valence-electron chi connectivity index (χ4n) is 2.52. The molecule has 0 atom stereocenters. The van der Waals surface area contributed by atoms with Gasteiger partial charge in [0.15, 0.2) is 10.1 Å². The third-order valence-corrected chi connectivity index (χ3v) is 5.26. The van der Waals surface area contributed by atoms with Crippen molar-refractivity contribution >= 4 is 57.7 Å². The summed E-state index contributed by atoms with van der Waals surface area (Å²) in [6.45, 7) is 1.49. The first-order valence-electron chi connectivity index (χ1n) is 7.98. The molecular formula is C20H15NO4S2. The number of nitrogens with zero attached hydrogens (tertiary/aromatic N) is 1. The number of Topliss-reactive ketones (excluding diaryl/α,β-unsaturated/α-hetero) is 1. The van der Waals surface area contributed by atoms with Crippen molar-refractivity contribution in [1.29, 1.82) is 0 Å². The van der Waals surface area contributed by atoms with Gasteiger partial charge >= 0.3 is 5.97 Å². The van der Waals surface area contributed by atoms with E-state index >= 15 is 0 Å². The van der Waals surface area contributed by atoms with E-state index < -0.39 is 5.97 Å². The van der Waals surface area contributed by atoms with Crippen molar-refractivity contribution in [3.63, 3.8) is 0 Å². The van der Waals surface area contributed by atoms with Crippen LogP contribution in [0.2, 0.25) is 0 Å². The number of carbonyl (C=O) groups excluding carboxylic acids is 3. The van der Waals surface area contributed by atoms with Gasteiger partial charge in [0.05, 0.1) is 23.3 Å². The van der Waals surface area contributed by atoms with Crippen LogP contribution in [0.3, 0.4) is 0 Å². The molecule has 1 fully saturated rings. The van der Waals surface area contributed by atoms with Crippen LogP contribution in [0.5, 0.6) is 0 Å². The van der Waals surface area contributed by atoms with Crippen molar-refractivity contribution in [3.05, 3.63) is 70.1 Å². The maximum absolute atomic E-state index is 12.8. The molecule has 0 bridgehead atoms. The molecule has 1 saturated heterocycles. The van der Waals surface area contributed by atoms with Gasteiger partial charge in [-0.05, 0) is 55.0 Å². The summed E-state index contributed by atoms with van der Waals surface area (Å²) in [5.74, 6) is -0.679. The van der Waals surface area contributed by atoms with Crippen LogP contribution in [0.1, 0.15) is 33.2 Å². The van der Waals surface area contributed by atoms with Crippen molar-refractivity contribution in [1.82, 2.24) is 0 Å². The fourth-order valence-corrected chi connectivity index (χ4v) is 3.82. The molecule has 1 aliphatic heterocycles. The van der Waals surface area contributed by atoms with Crippen LogP contribution in [0.25, 0.3) is 6.08 Å². The SMILES string of the molecule is COC(=O)c1ccc(C=C2SC(=S)N(c3ccc(C(C)=O)cc3)C2=O)cc1. The summed E-state index contributed by atoms with van der Waals surface area (Å²) in [5.41, 5.74) is 2.40. The van der Waals surface area contributed by atoms with Crippen LogP contribution >= 0.6 is 24.0 Å². The minimum atomic E-state index is -0.415. The van der Waals surface area contributed by atoms with E-state index in [0.717, 1.165) is 5.56 Å². The number of esters is 1. The second-order valence-corrected chi connectivity index (χ2v) is 7.41. The van der Waals surface area contributed by atoms with Gasteiger partial charge in [0.2, 0.25) is 0 Å². The smallest absolute Gasteiger partial charge is 0.337 e. The molecule has 1 heterocycles. The monoisotopic (exact) mass is 397 g/mol. The summed E-state index contributed by atoms with van der Waals surface area (Å²) in [6.07, 6.45) is 1.73. The Morgan fingerprint density at radius 3 is 2.19 bits per heavy atom. The minimum absolute atomic E-state index is 0.0396. The van der Waals surface area contributed by atoms with Gasteiger partial charge in [0.1, 0.15) is 0 Å². The van der Waals surface area contributed by atoms with E-state index in [2.05, 4.69) is 4.74 Å². The predicted octanol–water partition coefficient (Wildman–Crippen LogP) is 4.08. The van der Waals surface area contributed by atoms with Crippen LogP contribution < -0.4 is 4.90 Å². The van der Waals surface area contributed by atoms with Gasteiger partial charge in [-0.3, -0.25) is 14.5 Å². The number of anilines is 1.